The van der Waals surface area contributed by atoms with E-state index in [0.717, 1.165) is 43.1 Å². The molecule has 112 valence electrons. The van der Waals surface area contributed by atoms with Crippen LogP contribution < -0.4 is 0 Å². The Labute approximate surface area is 134 Å². The van der Waals surface area contributed by atoms with Gasteiger partial charge in [-0.15, -0.1) is 0 Å². The summed E-state index contributed by atoms with van der Waals surface area (Å²) in [5, 5.41) is 10.2. The van der Waals surface area contributed by atoms with Crippen LogP contribution in [0.25, 0.3) is 11.3 Å². The summed E-state index contributed by atoms with van der Waals surface area (Å²) in [7, 11) is 0. The Bertz CT molecular complexity index is 626. The lowest BCUT2D eigenvalue weighted by atomic mass is 10.1. The van der Waals surface area contributed by atoms with Gasteiger partial charge in [0.25, 0.3) is 0 Å². The second-order valence-corrected chi connectivity index (χ2v) is 6.22. The van der Waals surface area contributed by atoms with E-state index in [4.69, 9.17) is 27.6 Å². The van der Waals surface area contributed by atoms with Gasteiger partial charge in [0.1, 0.15) is 11.5 Å². The number of hydrogen-bond donors (Lipinski definition) is 1. The number of halogens is 2. The molecule has 2 aromatic rings. The fourth-order valence-electron chi connectivity index (χ4n) is 2.73. The first-order valence-electron chi connectivity index (χ1n) is 7.03. The predicted molar refractivity (Wildman–Crippen MR) is 84.6 cm³/mol. The average Bonchev–Trinajstić information content (AvgIpc) is 3.12. The van der Waals surface area contributed by atoms with E-state index in [2.05, 4.69) is 4.90 Å². The van der Waals surface area contributed by atoms with Crippen molar-refractivity contribution in [2.45, 2.75) is 13.0 Å². The summed E-state index contributed by atoms with van der Waals surface area (Å²) in [6.07, 6.45) is 1.05. The number of rotatable bonds is 4. The minimum Gasteiger partial charge on any atom is -0.460 e. The van der Waals surface area contributed by atoms with Crippen molar-refractivity contribution >= 4 is 23.2 Å². The first-order chi connectivity index (χ1) is 10.2. The van der Waals surface area contributed by atoms with Crippen molar-refractivity contribution in [1.29, 1.82) is 0 Å². The highest BCUT2D eigenvalue weighted by Crippen LogP contribution is 2.34. The van der Waals surface area contributed by atoms with Crippen molar-refractivity contribution < 1.29 is 9.52 Å². The van der Waals surface area contributed by atoms with Gasteiger partial charge in [-0.2, -0.15) is 0 Å². The van der Waals surface area contributed by atoms with Crippen molar-refractivity contribution in [2.24, 2.45) is 5.92 Å². The van der Waals surface area contributed by atoms with E-state index in [0.29, 0.717) is 16.0 Å². The first kappa shape index (κ1) is 14.9. The minimum atomic E-state index is 0.262. The molecule has 0 radical (unpaired) electrons. The smallest absolute Gasteiger partial charge is 0.135 e. The molecule has 1 saturated heterocycles. The fraction of sp³-hybridized carbons (Fsp3) is 0.375. The van der Waals surface area contributed by atoms with Crippen molar-refractivity contribution in [3.8, 4) is 11.3 Å². The summed E-state index contributed by atoms with van der Waals surface area (Å²) in [4.78, 5) is 2.29. The molecule has 1 N–H and O–H groups in total. The van der Waals surface area contributed by atoms with Gasteiger partial charge in [0.05, 0.1) is 16.6 Å². The fourth-order valence-corrected chi connectivity index (χ4v) is 3.12. The van der Waals surface area contributed by atoms with Crippen LogP contribution >= 0.6 is 23.2 Å². The summed E-state index contributed by atoms with van der Waals surface area (Å²) in [6, 6.07) is 9.41. The topological polar surface area (TPSA) is 36.6 Å². The third kappa shape index (κ3) is 3.27. The number of aliphatic hydroxyl groups is 1. The molecule has 2 heterocycles. The standard InChI is InChI=1S/C16H17Cl2NO2/c17-14-3-1-2-13(16(14)18)15-5-4-12(21-15)9-19-7-6-11(8-19)10-20/h1-5,11,20H,6-10H2. The molecule has 1 atom stereocenters. The van der Waals surface area contributed by atoms with Gasteiger partial charge < -0.3 is 9.52 Å². The van der Waals surface area contributed by atoms with Crippen LogP contribution in [-0.4, -0.2) is 29.7 Å². The zero-order valence-electron chi connectivity index (χ0n) is 11.6. The monoisotopic (exact) mass is 325 g/mol. The van der Waals surface area contributed by atoms with Gasteiger partial charge in [-0.25, -0.2) is 0 Å². The molecular formula is C16H17Cl2NO2. The van der Waals surface area contributed by atoms with Crippen LogP contribution in [0.15, 0.2) is 34.7 Å². The molecule has 1 fully saturated rings. The van der Waals surface area contributed by atoms with Gasteiger partial charge in [0.15, 0.2) is 0 Å². The van der Waals surface area contributed by atoms with Gasteiger partial charge in [-0.3, -0.25) is 4.90 Å². The number of likely N-dealkylation sites (tertiary alicyclic amines) is 1. The molecule has 21 heavy (non-hydrogen) atoms. The highest BCUT2D eigenvalue weighted by atomic mass is 35.5. The Balaban J connectivity index is 1.73. The molecule has 0 aliphatic carbocycles. The maximum absolute atomic E-state index is 9.18. The molecule has 3 rings (SSSR count). The van der Waals surface area contributed by atoms with Gasteiger partial charge in [0, 0.05) is 18.7 Å². The highest BCUT2D eigenvalue weighted by molar-refractivity contribution is 6.43. The molecule has 1 unspecified atom stereocenters. The van der Waals surface area contributed by atoms with Crippen LogP contribution in [0.4, 0.5) is 0 Å². The Kier molecular flexibility index (Phi) is 4.55. The number of hydrogen-bond acceptors (Lipinski definition) is 3. The molecule has 0 spiro atoms. The molecule has 3 nitrogen and oxygen atoms in total. The summed E-state index contributed by atoms with van der Waals surface area (Å²) < 4.78 is 5.89. The van der Waals surface area contributed by atoms with Gasteiger partial charge >= 0.3 is 0 Å². The van der Waals surface area contributed by atoms with Crippen LogP contribution in [0.1, 0.15) is 12.2 Å². The lowest BCUT2D eigenvalue weighted by molar-refractivity contribution is 0.216. The van der Waals surface area contributed by atoms with E-state index in [1.165, 1.54) is 0 Å². The molecule has 1 aliphatic rings. The third-order valence-electron chi connectivity index (χ3n) is 3.89. The van der Waals surface area contributed by atoms with Crippen molar-refractivity contribution in [1.82, 2.24) is 4.90 Å². The summed E-state index contributed by atoms with van der Waals surface area (Å²) in [6.45, 7) is 2.94. The Morgan fingerprint density at radius 2 is 2.10 bits per heavy atom. The highest BCUT2D eigenvalue weighted by Gasteiger charge is 2.22. The lowest BCUT2D eigenvalue weighted by Crippen LogP contribution is -2.20. The SMILES string of the molecule is OCC1CCN(Cc2ccc(-c3cccc(Cl)c3Cl)o2)C1. The first-order valence-corrected chi connectivity index (χ1v) is 7.79. The number of nitrogens with zero attached hydrogens (tertiary/aromatic N) is 1. The van der Waals surface area contributed by atoms with Gasteiger partial charge in [-0.05, 0) is 43.1 Å². The molecule has 1 aromatic heterocycles. The molecule has 0 saturated carbocycles. The van der Waals surface area contributed by atoms with E-state index < -0.39 is 0 Å². The maximum Gasteiger partial charge on any atom is 0.135 e. The van der Waals surface area contributed by atoms with Crippen molar-refractivity contribution in [2.75, 3.05) is 19.7 Å². The van der Waals surface area contributed by atoms with Gasteiger partial charge in [0.2, 0.25) is 0 Å². The number of benzene rings is 1. The second-order valence-electron chi connectivity index (χ2n) is 5.44. The van der Waals surface area contributed by atoms with Crippen LogP contribution in [0.5, 0.6) is 0 Å². The van der Waals surface area contributed by atoms with E-state index in [-0.39, 0.29) is 6.61 Å². The average molecular weight is 326 g/mol. The molecule has 0 amide bonds. The number of furan rings is 1. The second kappa shape index (κ2) is 6.41. The quantitative estimate of drug-likeness (QED) is 0.920. The number of aliphatic hydroxyl groups excluding tert-OH is 1. The summed E-state index contributed by atoms with van der Waals surface area (Å²) in [5.41, 5.74) is 0.810. The zero-order valence-corrected chi connectivity index (χ0v) is 13.1. The normalized spacial score (nSPS) is 19.3. The largest absolute Gasteiger partial charge is 0.460 e. The summed E-state index contributed by atoms with van der Waals surface area (Å²) >= 11 is 12.2. The van der Waals surface area contributed by atoms with Crippen LogP contribution in [0, 0.1) is 5.92 Å². The Hall–Kier alpha value is -1.000. The van der Waals surface area contributed by atoms with Crippen molar-refractivity contribution in [3.05, 3.63) is 46.1 Å². The van der Waals surface area contributed by atoms with Crippen LogP contribution in [0.2, 0.25) is 10.0 Å². The van der Waals surface area contributed by atoms with Crippen LogP contribution in [-0.2, 0) is 6.54 Å². The molecule has 0 bridgehead atoms. The Morgan fingerprint density at radius 3 is 2.86 bits per heavy atom. The molecular weight excluding hydrogens is 309 g/mol. The van der Waals surface area contributed by atoms with E-state index in [9.17, 15) is 5.11 Å². The predicted octanol–water partition coefficient (Wildman–Crippen LogP) is 4.07. The van der Waals surface area contributed by atoms with Crippen molar-refractivity contribution in [3.63, 3.8) is 0 Å². The zero-order chi connectivity index (χ0) is 14.8. The van der Waals surface area contributed by atoms with E-state index in [1.807, 2.05) is 24.3 Å². The van der Waals surface area contributed by atoms with Crippen LogP contribution in [0.3, 0.4) is 0 Å². The Morgan fingerprint density at radius 1 is 1.24 bits per heavy atom. The third-order valence-corrected chi connectivity index (χ3v) is 4.71. The maximum atomic E-state index is 9.18. The van der Waals surface area contributed by atoms with Gasteiger partial charge in [-0.1, -0.05) is 29.3 Å². The van der Waals surface area contributed by atoms with E-state index in [1.54, 1.807) is 6.07 Å². The summed E-state index contributed by atoms with van der Waals surface area (Å²) in [5.74, 6) is 2.02. The molecule has 1 aliphatic heterocycles. The van der Waals surface area contributed by atoms with E-state index >= 15 is 0 Å². The lowest BCUT2D eigenvalue weighted by Gasteiger charge is -2.13. The molecule has 5 heteroatoms. The minimum absolute atomic E-state index is 0.262. The molecule has 1 aromatic carbocycles.